The Kier molecular flexibility index (Phi) is 7.43. The van der Waals surface area contributed by atoms with E-state index in [0.29, 0.717) is 37.7 Å². The van der Waals surface area contributed by atoms with Crippen LogP contribution < -0.4 is 4.90 Å². The number of alkyl halides is 3. The summed E-state index contributed by atoms with van der Waals surface area (Å²) < 4.78 is 42.6. The minimum absolute atomic E-state index is 0.136. The first-order valence-electron chi connectivity index (χ1n) is 12.0. The molecule has 3 aliphatic heterocycles. The molecule has 4 rings (SSSR count). The third-order valence-corrected chi connectivity index (χ3v) is 7.71. The Morgan fingerprint density at radius 3 is 2.26 bits per heavy atom. The molecule has 0 saturated carbocycles. The number of carbonyl (C=O) groups excluding carboxylic acids is 2. The number of amides is 2. The average molecular weight is 517 g/mol. The first-order valence-corrected chi connectivity index (χ1v) is 12.4. The first-order chi connectivity index (χ1) is 16.5. The topological polar surface area (TPSA) is 56.3 Å². The lowest BCUT2D eigenvalue weighted by atomic mass is 9.71. The molecule has 1 unspecified atom stereocenters. The van der Waals surface area contributed by atoms with Gasteiger partial charge in [-0.25, -0.2) is 4.79 Å². The molecule has 1 aromatic rings. The zero-order valence-corrected chi connectivity index (χ0v) is 20.9. The predicted octanol–water partition coefficient (Wildman–Crippen LogP) is 3.99. The van der Waals surface area contributed by atoms with Crippen LogP contribution in [0.3, 0.4) is 0 Å². The first kappa shape index (κ1) is 25.9. The summed E-state index contributed by atoms with van der Waals surface area (Å²) in [5.74, 6) is 0.136. The SMILES string of the molecule is CC(=O)N1CCC2(CC1)CN(c1cc(Cl)ccc1CN1CCN(C(=O)OC(C)C(F)(F)F)CC1)C2. The van der Waals surface area contributed by atoms with Crippen molar-refractivity contribution in [2.75, 3.05) is 57.3 Å². The Hall–Kier alpha value is -2.20. The van der Waals surface area contributed by atoms with Gasteiger partial charge in [0.25, 0.3) is 0 Å². The number of nitrogens with zero attached hydrogens (tertiary/aromatic N) is 4. The van der Waals surface area contributed by atoms with Crippen molar-refractivity contribution in [3.8, 4) is 0 Å². The van der Waals surface area contributed by atoms with Gasteiger partial charge < -0.3 is 19.4 Å². The smallest absolute Gasteiger partial charge is 0.425 e. The number of hydrogen-bond donors (Lipinski definition) is 0. The van der Waals surface area contributed by atoms with Gasteiger partial charge >= 0.3 is 12.3 Å². The minimum Gasteiger partial charge on any atom is -0.437 e. The van der Waals surface area contributed by atoms with Gasteiger partial charge in [-0.1, -0.05) is 17.7 Å². The van der Waals surface area contributed by atoms with Crippen molar-refractivity contribution in [3.63, 3.8) is 0 Å². The van der Waals surface area contributed by atoms with E-state index in [2.05, 4.69) is 14.5 Å². The Balaban J connectivity index is 1.31. The molecular weight excluding hydrogens is 485 g/mol. The number of halogens is 4. The standard InChI is InChI=1S/C24H32ClF3N4O3/c1-17(24(26,27)28)35-22(34)31-11-9-29(10-12-31)14-19-3-4-20(25)13-21(19)32-15-23(16-32)5-7-30(8-6-23)18(2)33/h3-4,13,17H,5-12,14-16H2,1-2H3. The minimum atomic E-state index is -4.57. The Morgan fingerprint density at radius 1 is 1.06 bits per heavy atom. The highest BCUT2D eigenvalue weighted by molar-refractivity contribution is 6.30. The maximum Gasteiger partial charge on any atom is 0.425 e. The molecule has 1 aromatic carbocycles. The highest BCUT2D eigenvalue weighted by Gasteiger charge is 2.46. The molecule has 0 bridgehead atoms. The maximum absolute atomic E-state index is 12.7. The zero-order chi connectivity index (χ0) is 25.4. The van der Waals surface area contributed by atoms with E-state index in [1.807, 2.05) is 23.1 Å². The van der Waals surface area contributed by atoms with Gasteiger partial charge in [0.2, 0.25) is 5.91 Å². The molecule has 35 heavy (non-hydrogen) atoms. The number of hydrogen-bond acceptors (Lipinski definition) is 5. The predicted molar refractivity (Wildman–Crippen MR) is 126 cm³/mol. The summed E-state index contributed by atoms with van der Waals surface area (Å²) in [7, 11) is 0. The second kappa shape index (κ2) is 10.0. The Morgan fingerprint density at radius 2 is 1.69 bits per heavy atom. The van der Waals surface area contributed by atoms with Crippen molar-refractivity contribution in [2.45, 2.75) is 45.5 Å². The Labute approximate surface area is 208 Å². The van der Waals surface area contributed by atoms with Crippen LogP contribution in [0, 0.1) is 5.41 Å². The number of piperidine rings is 1. The van der Waals surface area contributed by atoms with E-state index < -0.39 is 18.4 Å². The molecule has 11 heteroatoms. The van der Waals surface area contributed by atoms with Gasteiger partial charge in [-0.3, -0.25) is 9.69 Å². The summed E-state index contributed by atoms with van der Waals surface area (Å²) >= 11 is 6.32. The summed E-state index contributed by atoms with van der Waals surface area (Å²) in [5, 5.41) is 0.669. The number of carbonyl (C=O) groups is 2. The molecule has 1 atom stereocenters. The summed E-state index contributed by atoms with van der Waals surface area (Å²) in [6.45, 7) is 8.31. The van der Waals surface area contributed by atoms with Crippen molar-refractivity contribution in [1.29, 1.82) is 0 Å². The van der Waals surface area contributed by atoms with Crippen LogP contribution >= 0.6 is 11.6 Å². The third kappa shape index (κ3) is 5.97. The summed E-state index contributed by atoms with van der Waals surface area (Å²) in [6, 6.07) is 5.88. The molecule has 3 saturated heterocycles. The molecule has 0 aromatic heterocycles. The van der Waals surface area contributed by atoms with E-state index >= 15 is 0 Å². The lowest BCUT2D eigenvalue weighted by molar-refractivity contribution is -0.200. The molecule has 3 fully saturated rings. The molecule has 0 radical (unpaired) electrons. The van der Waals surface area contributed by atoms with Crippen molar-refractivity contribution < 1.29 is 27.5 Å². The quantitative estimate of drug-likeness (QED) is 0.605. The lowest BCUT2D eigenvalue weighted by Crippen LogP contribution is -2.61. The molecule has 3 aliphatic rings. The molecule has 0 aliphatic carbocycles. The van der Waals surface area contributed by atoms with E-state index in [9.17, 15) is 22.8 Å². The number of ether oxygens (including phenoxy) is 1. The number of benzene rings is 1. The van der Waals surface area contributed by atoms with Gasteiger partial charge in [-0.05, 0) is 37.5 Å². The molecule has 194 valence electrons. The van der Waals surface area contributed by atoms with E-state index in [-0.39, 0.29) is 11.3 Å². The van der Waals surface area contributed by atoms with Gasteiger partial charge in [-0.2, -0.15) is 13.2 Å². The van der Waals surface area contributed by atoms with Crippen LogP contribution in [-0.2, 0) is 16.1 Å². The fraction of sp³-hybridized carbons (Fsp3) is 0.667. The van der Waals surface area contributed by atoms with Crippen molar-refractivity contribution in [2.24, 2.45) is 5.41 Å². The van der Waals surface area contributed by atoms with Crippen LogP contribution in [0.15, 0.2) is 18.2 Å². The molecule has 0 N–H and O–H groups in total. The molecular formula is C24H32ClF3N4O3. The Bertz CT molecular complexity index is 936. The van der Waals surface area contributed by atoms with Crippen molar-refractivity contribution in [1.82, 2.24) is 14.7 Å². The van der Waals surface area contributed by atoms with Gasteiger partial charge in [-0.15, -0.1) is 0 Å². The second-order valence-corrected chi connectivity index (χ2v) is 10.4. The van der Waals surface area contributed by atoms with E-state index in [1.54, 1.807) is 6.92 Å². The highest BCUT2D eigenvalue weighted by atomic mass is 35.5. The summed E-state index contributed by atoms with van der Waals surface area (Å²) in [4.78, 5) is 31.5. The molecule has 1 spiro atoms. The van der Waals surface area contributed by atoms with Crippen LogP contribution in [0.4, 0.5) is 23.7 Å². The van der Waals surface area contributed by atoms with E-state index in [0.717, 1.165) is 57.2 Å². The zero-order valence-electron chi connectivity index (χ0n) is 20.1. The summed E-state index contributed by atoms with van der Waals surface area (Å²) in [5.41, 5.74) is 2.47. The van der Waals surface area contributed by atoms with E-state index in [1.165, 1.54) is 4.90 Å². The fourth-order valence-electron chi connectivity index (χ4n) is 5.13. The molecule has 3 heterocycles. The number of anilines is 1. The normalized spacial score (nSPS) is 21.6. The van der Waals surface area contributed by atoms with Crippen LogP contribution in [0.5, 0.6) is 0 Å². The molecule has 7 nitrogen and oxygen atoms in total. The summed E-state index contributed by atoms with van der Waals surface area (Å²) in [6.07, 6.45) is -5.61. The number of piperazine rings is 1. The van der Waals surface area contributed by atoms with Crippen LogP contribution in [0.2, 0.25) is 5.02 Å². The van der Waals surface area contributed by atoms with Crippen LogP contribution in [0.1, 0.15) is 32.3 Å². The number of likely N-dealkylation sites (tertiary alicyclic amines) is 1. The van der Waals surface area contributed by atoms with Crippen molar-refractivity contribution >= 4 is 29.3 Å². The van der Waals surface area contributed by atoms with Gasteiger partial charge in [0.05, 0.1) is 0 Å². The monoisotopic (exact) mass is 516 g/mol. The van der Waals surface area contributed by atoms with Gasteiger partial charge in [0, 0.05) is 82.0 Å². The van der Waals surface area contributed by atoms with Gasteiger partial charge in [0.15, 0.2) is 6.10 Å². The number of rotatable bonds is 4. The lowest BCUT2D eigenvalue weighted by Gasteiger charge is -2.55. The third-order valence-electron chi connectivity index (χ3n) is 7.47. The molecule has 2 amide bonds. The second-order valence-electron chi connectivity index (χ2n) is 9.97. The van der Waals surface area contributed by atoms with Crippen LogP contribution in [0.25, 0.3) is 0 Å². The fourth-order valence-corrected chi connectivity index (χ4v) is 5.30. The highest BCUT2D eigenvalue weighted by Crippen LogP contribution is 2.44. The van der Waals surface area contributed by atoms with Crippen LogP contribution in [-0.4, -0.2) is 91.3 Å². The van der Waals surface area contributed by atoms with Crippen molar-refractivity contribution in [3.05, 3.63) is 28.8 Å². The largest absolute Gasteiger partial charge is 0.437 e. The van der Waals surface area contributed by atoms with E-state index in [4.69, 9.17) is 11.6 Å². The maximum atomic E-state index is 12.7. The van der Waals surface area contributed by atoms with Gasteiger partial charge in [0.1, 0.15) is 0 Å². The average Bonchev–Trinajstić information content (AvgIpc) is 2.78.